The third kappa shape index (κ3) is 2.66. The summed E-state index contributed by atoms with van der Waals surface area (Å²) >= 11 is 0. The second-order valence-corrected chi connectivity index (χ2v) is 3.72. The molecule has 0 unspecified atom stereocenters. The van der Waals surface area contributed by atoms with Crippen molar-refractivity contribution in [3.8, 4) is 0 Å². The SMILES string of the molecule is CCc1ccc[n+](Cc2ccccc2)c1. The van der Waals surface area contributed by atoms with E-state index in [-0.39, 0.29) is 0 Å². The van der Waals surface area contributed by atoms with E-state index in [0.29, 0.717) is 0 Å². The van der Waals surface area contributed by atoms with Gasteiger partial charge in [-0.25, -0.2) is 4.57 Å². The first-order valence-electron chi connectivity index (χ1n) is 5.40. The molecule has 0 aliphatic carbocycles. The molecule has 76 valence electrons. The van der Waals surface area contributed by atoms with Gasteiger partial charge in [-0.15, -0.1) is 0 Å². The van der Waals surface area contributed by atoms with Gasteiger partial charge in [-0.1, -0.05) is 37.3 Å². The molecule has 0 saturated carbocycles. The molecule has 0 amide bonds. The van der Waals surface area contributed by atoms with Crippen molar-refractivity contribution < 1.29 is 4.57 Å². The van der Waals surface area contributed by atoms with E-state index in [0.717, 1.165) is 13.0 Å². The van der Waals surface area contributed by atoms with E-state index >= 15 is 0 Å². The maximum atomic E-state index is 2.23. The number of aromatic nitrogens is 1. The van der Waals surface area contributed by atoms with Crippen molar-refractivity contribution in [3.63, 3.8) is 0 Å². The highest BCUT2D eigenvalue weighted by Crippen LogP contribution is 1.99. The van der Waals surface area contributed by atoms with Gasteiger partial charge in [-0.2, -0.15) is 0 Å². The number of nitrogens with zero attached hydrogens (tertiary/aromatic N) is 1. The molecule has 0 radical (unpaired) electrons. The number of hydrogen-bond acceptors (Lipinski definition) is 0. The number of pyridine rings is 1. The molecule has 2 rings (SSSR count). The average molecular weight is 198 g/mol. The van der Waals surface area contributed by atoms with Crippen LogP contribution in [0.15, 0.2) is 54.9 Å². The third-order valence-electron chi connectivity index (χ3n) is 2.54. The van der Waals surface area contributed by atoms with Crippen LogP contribution in [0.5, 0.6) is 0 Å². The summed E-state index contributed by atoms with van der Waals surface area (Å²) in [4.78, 5) is 0. The summed E-state index contributed by atoms with van der Waals surface area (Å²) in [5.41, 5.74) is 2.73. The minimum absolute atomic E-state index is 0.953. The van der Waals surface area contributed by atoms with Crippen molar-refractivity contribution >= 4 is 0 Å². The summed E-state index contributed by atoms with van der Waals surface area (Å²) < 4.78 is 2.23. The minimum Gasteiger partial charge on any atom is -0.201 e. The van der Waals surface area contributed by atoms with Gasteiger partial charge in [-0.05, 0) is 12.5 Å². The lowest BCUT2D eigenvalue weighted by Crippen LogP contribution is -2.33. The van der Waals surface area contributed by atoms with E-state index in [9.17, 15) is 0 Å². The zero-order valence-electron chi connectivity index (χ0n) is 9.06. The molecule has 2 aromatic rings. The summed E-state index contributed by atoms with van der Waals surface area (Å²) in [7, 11) is 0. The van der Waals surface area contributed by atoms with E-state index < -0.39 is 0 Å². The van der Waals surface area contributed by atoms with Gasteiger partial charge in [0, 0.05) is 17.2 Å². The first-order valence-corrected chi connectivity index (χ1v) is 5.40. The van der Waals surface area contributed by atoms with E-state index in [1.807, 2.05) is 0 Å². The van der Waals surface area contributed by atoms with Gasteiger partial charge in [0.25, 0.3) is 0 Å². The van der Waals surface area contributed by atoms with Crippen molar-refractivity contribution in [2.24, 2.45) is 0 Å². The summed E-state index contributed by atoms with van der Waals surface area (Å²) in [5.74, 6) is 0. The molecular weight excluding hydrogens is 182 g/mol. The second-order valence-electron chi connectivity index (χ2n) is 3.72. The van der Waals surface area contributed by atoms with Crippen LogP contribution in [0.1, 0.15) is 18.1 Å². The van der Waals surface area contributed by atoms with Crippen molar-refractivity contribution in [2.45, 2.75) is 19.9 Å². The Balaban J connectivity index is 2.17. The van der Waals surface area contributed by atoms with Crippen LogP contribution in [0.2, 0.25) is 0 Å². The van der Waals surface area contributed by atoms with Crippen LogP contribution in [0.25, 0.3) is 0 Å². The first kappa shape index (κ1) is 9.91. The van der Waals surface area contributed by atoms with E-state index in [4.69, 9.17) is 0 Å². The van der Waals surface area contributed by atoms with Crippen LogP contribution in [-0.4, -0.2) is 0 Å². The van der Waals surface area contributed by atoms with Gasteiger partial charge in [0.2, 0.25) is 0 Å². The van der Waals surface area contributed by atoms with Crippen LogP contribution >= 0.6 is 0 Å². The fourth-order valence-corrected chi connectivity index (χ4v) is 1.68. The summed E-state index contributed by atoms with van der Waals surface area (Å²) in [6.45, 7) is 3.14. The van der Waals surface area contributed by atoms with Crippen molar-refractivity contribution in [1.29, 1.82) is 0 Å². The van der Waals surface area contributed by atoms with Gasteiger partial charge in [0.1, 0.15) is 0 Å². The lowest BCUT2D eigenvalue weighted by molar-refractivity contribution is -0.688. The van der Waals surface area contributed by atoms with E-state index in [1.165, 1.54) is 11.1 Å². The highest BCUT2D eigenvalue weighted by Gasteiger charge is 2.02. The predicted molar refractivity (Wildman–Crippen MR) is 61.6 cm³/mol. The molecule has 0 spiro atoms. The van der Waals surface area contributed by atoms with Crippen molar-refractivity contribution in [1.82, 2.24) is 0 Å². The monoisotopic (exact) mass is 198 g/mol. The molecule has 1 heterocycles. The fraction of sp³-hybridized carbons (Fsp3) is 0.214. The summed E-state index contributed by atoms with van der Waals surface area (Å²) in [6, 6.07) is 14.8. The molecule has 0 fully saturated rings. The molecule has 1 heteroatoms. The van der Waals surface area contributed by atoms with Crippen molar-refractivity contribution in [2.75, 3.05) is 0 Å². The number of aryl methyl sites for hydroxylation is 1. The summed E-state index contributed by atoms with van der Waals surface area (Å²) in [6.07, 6.45) is 5.43. The van der Waals surface area contributed by atoms with Crippen LogP contribution < -0.4 is 4.57 Å². The largest absolute Gasteiger partial charge is 0.201 e. The third-order valence-corrected chi connectivity index (χ3v) is 2.54. The topological polar surface area (TPSA) is 3.88 Å². The zero-order valence-corrected chi connectivity index (χ0v) is 9.06. The second kappa shape index (κ2) is 4.74. The molecule has 0 bridgehead atoms. The van der Waals surface area contributed by atoms with Crippen LogP contribution in [0, 0.1) is 0 Å². The Kier molecular flexibility index (Phi) is 3.13. The van der Waals surface area contributed by atoms with Gasteiger partial charge < -0.3 is 0 Å². The van der Waals surface area contributed by atoms with Crippen LogP contribution in [-0.2, 0) is 13.0 Å². The molecule has 0 saturated heterocycles. The maximum absolute atomic E-state index is 2.23. The van der Waals surface area contributed by atoms with Gasteiger partial charge in [0.15, 0.2) is 18.9 Å². The Morgan fingerprint density at radius 2 is 1.67 bits per heavy atom. The number of benzene rings is 1. The minimum atomic E-state index is 0.953. The first-order chi connectivity index (χ1) is 7.38. The number of hydrogen-bond donors (Lipinski definition) is 0. The molecule has 0 N–H and O–H groups in total. The summed E-state index contributed by atoms with van der Waals surface area (Å²) in [5, 5.41) is 0. The highest BCUT2D eigenvalue weighted by atomic mass is 14.9. The molecule has 1 aromatic carbocycles. The maximum Gasteiger partial charge on any atom is 0.173 e. The Morgan fingerprint density at radius 1 is 0.933 bits per heavy atom. The molecule has 15 heavy (non-hydrogen) atoms. The number of rotatable bonds is 3. The standard InChI is InChI=1S/C14H16N/c1-2-13-9-6-10-15(11-13)12-14-7-4-3-5-8-14/h3-11H,2,12H2,1H3/q+1. The van der Waals surface area contributed by atoms with Gasteiger partial charge in [0.05, 0.1) is 0 Å². The van der Waals surface area contributed by atoms with Crippen LogP contribution in [0.4, 0.5) is 0 Å². The predicted octanol–water partition coefficient (Wildman–Crippen LogP) is 2.58. The zero-order chi connectivity index (χ0) is 10.5. The molecule has 1 nitrogen and oxygen atoms in total. The molecule has 0 aliphatic heterocycles. The Morgan fingerprint density at radius 3 is 2.40 bits per heavy atom. The average Bonchev–Trinajstić information content (AvgIpc) is 2.31. The van der Waals surface area contributed by atoms with E-state index in [2.05, 4.69) is 66.3 Å². The fourth-order valence-electron chi connectivity index (χ4n) is 1.68. The smallest absolute Gasteiger partial charge is 0.173 e. The van der Waals surface area contributed by atoms with E-state index in [1.54, 1.807) is 0 Å². The normalized spacial score (nSPS) is 10.2. The van der Waals surface area contributed by atoms with Crippen LogP contribution in [0.3, 0.4) is 0 Å². The van der Waals surface area contributed by atoms with Gasteiger partial charge >= 0.3 is 0 Å². The molecular formula is C14H16N+. The molecule has 1 aromatic heterocycles. The van der Waals surface area contributed by atoms with Gasteiger partial charge in [-0.3, -0.25) is 0 Å². The Bertz CT molecular complexity index is 420. The lowest BCUT2D eigenvalue weighted by Gasteiger charge is -1.99. The lowest BCUT2D eigenvalue weighted by atomic mass is 10.2. The quantitative estimate of drug-likeness (QED) is 0.667. The molecule has 0 aliphatic rings. The highest BCUT2D eigenvalue weighted by molar-refractivity contribution is 5.13. The Hall–Kier alpha value is -1.63. The van der Waals surface area contributed by atoms with Crippen molar-refractivity contribution in [3.05, 3.63) is 66.0 Å². The molecule has 0 atom stereocenters. The Labute approximate surface area is 91.0 Å².